The summed E-state index contributed by atoms with van der Waals surface area (Å²) in [7, 11) is 1.61. The number of nitriles is 1. The van der Waals surface area contributed by atoms with Crippen molar-refractivity contribution < 1.29 is 4.74 Å². The van der Waals surface area contributed by atoms with Gasteiger partial charge in [-0.25, -0.2) is 14.5 Å². The summed E-state index contributed by atoms with van der Waals surface area (Å²) in [6, 6.07) is 8.77. The fourth-order valence-corrected chi connectivity index (χ4v) is 4.95. The van der Waals surface area contributed by atoms with Crippen molar-refractivity contribution >= 4 is 17.5 Å². The molecule has 0 bridgehead atoms. The first-order valence-electron chi connectivity index (χ1n) is 13.7. The van der Waals surface area contributed by atoms with E-state index in [0.29, 0.717) is 11.4 Å². The van der Waals surface area contributed by atoms with Gasteiger partial charge in [-0.15, -0.1) is 0 Å². The van der Waals surface area contributed by atoms with Crippen molar-refractivity contribution in [1.29, 1.82) is 5.26 Å². The number of nitrogens with zero attached hydrogens (tertiary/aromatic N) is 9. The molecule has 0 spiro atoms. The van der Waals surface area contributed by atoms with Gasteiger partial charge in [0.2, 0.25) is 5.88 Å². The molecule has 0 radical (unpaired) electrons. The van der Waals surface area contributed by atoms with Gasteiger partial charge in [0.1, 0.15) is 11.9 Å². The molecule has 0 aromatic carbocycles. The summed E-state index contributed by atoms with van der Waals surface area (Å²) in [5.74, 6) is 1.52. The Morgan fingerprint density at radius 1 is 1.10 bits per heavy atom. The average molecular weight is 550 g/mol. The highest BCUT2D eigenvalue weighted by Crippen LogP contribution is 2.32. The Balaban J connectivity index is 1.32. The number of hydrogen-bond acceptors (Lipinski definition) is 8. The minimum Gasteiger partial charge on any atom is -0.481 e. The second kappa shape index (κ2) is 12.2. The number of aliphatic imine (C=N–C) groups is 1. The number of anilines is 1. The van der Waals surface area contributed by atoms with Crippen LogP contribution in [-0.2, 0) is 4.74 Å². The maximum Gasteiger partial charge on any atom is 0.208 e. The molecular formula is C31H35N9O. The van der Waals surface area contributed by atoms with E-state index in [2.05, 4.69) is 69.7 Å². The minimum absolute atomic E-state index is 0.264. The van der Waals surface area contributed by atoms with Crippen molar-refractivity contribution in [2.24, 2.45) is 4.99 Å². The van der Waals surface area contributed by atoms with Gasteiger partial charge >= 0.3 is 0 Å². The molecule has 10 heteroatoms. The van der Waals surface area contributed by atoms with Crippen LogP contribution in [-0.4, -0.2) is 75.3 Å². The van der Waals surface area contributed by atoms with Crippen LogP contribution in [0, 0.1) is 11.3 Å². The summed E-state index contributed by atoms with van der Waals surface area (Å²) in [6.45, 7) is 14.5. The predicted octanol–water partition coefficient (Wildman–Crippen LogP) is 4.97. The van der Waals surface area contributed by atoms with Crippen LogP contribution in [0.15, 0.2) is 78.3 Å². The molecule has 5 rings (SSSR count). The first kappa shape index (κ1) is 27.8. The molecule has 4 aromatic rings. The first-order chi connectivity index (χ1) is 19.9. The third-order valence-corrected chi connectivity index (χ3v) is 7.21. The summed E-state index contributed by atoms with van der Waals surface area (Å²) in [5.41, 5.74) is 6.05. The molecule has 1 fully saturated rings. The lowest BCUT2D eigenvalue weighted by Gasteiger charge is -2.35. The minimum atomic E-state index is 0.264. The molecule has 1 aliphatic rings. The smallest absolute Gasteiger partial charge is 0.208 e. The predicted molar refractivity (Wildman–Crippen MR) is 162 cm³/mol. The molecule has 0 N–H and O–H groups in total. The highest BCUT2D eigenvalue weighted by molar-refractivity contribution is 5.87. The van der Waals surface area contributed by atoms with E-state index in [1.165, 1.54) is 0 Å². The Morgan fingerprint density at radius 2 is 1.90 bits per heavy atom. The van der Waals surface area contributed by atoms with Crippen LogP contribution in [0.4, 0.5) is 5.82 Å². The van der Waals surface area contributed by atoms with Crippen molar-refractivity contribution in [3.8, 4) is 28.3 Å². The molecule has 1 aliphatic heterocycles. The van der Waals surface area contributed by atoms with Gasteiger partial charge in [0.15, 0.2) is 0 Å². The van der Waals surface area contributed by atoms with E-state index in [1.54, 1.807) is 24.0 Å². The summed E-state index contributed by atoms with van der Waals surface area (Å²) in [5, 5.41) is 18.7. The van der Waals surface area contributed by atoms with Crippen LogP contribution >= 0.6 is 0 Å². The van der Waals surface area contributed by atoms with Crippen molar-refractivity contribution in [3.05, 3.63) is 78.9 Å². The molecule has 5 heterocycles. The lowest BCUT2D eigenvalue weighted by molar-refractivity contribution is 0.280. The highest BCUT2D eigenvalue weighted by atomic mass is 16.5. The van der Waals surface area contributed by atoms with Gasteiger partial charge in [0.05, 0.1) is 30.6 Å². The lowest BCUT2D eigenvalue weighted by atomic mass is 10.0. The van der Waals surface area contributed by atoms with Gasteiger partial charge in [0, 0.05) is 85.8 Å². The highest BCUT2D eigenvalue weighted by Gasteiger charge is 2.19. The first-order valence-corrected chi connectivity index (χ1v) is 13.7. The number of rotatable bonds is 9. The van der Waals surface area contributed by atoms with E-state index < -0.39 is 0 Å². The van der Waals surface area contributed by atoms with E-state index in [0.717, 1.165) is 71.9 Å². The average Bonchev–Trinajstić information content (AvgIpc) is 3.66. The summed E-state index contributed by atoms with van der Waals surface area (Å²) in [4.78, 5) is 13.8. The molecule has 41 heavy (non-hydrogen) atoms. The van der Waals surface area contributed by atoms with E-state index in [1.807, 2.05) is 42.5 Å². The van der Waals surface area contributed by atoms with Crippen LogP contribution in [0.25, 0.3) is 27.8 Å². The SMILES string of the molecule is C=C(C=N/C(=C\C)OC)CN1CCN(c2ccc(-c3cc(-c4cnn(C(C)C)c4)cn4ncc(C#N)c34)cn2)CC1. The molecule has 0 atom stereocenters. The van der Waals surface area contributed by atoms with Gasteiger partial charge in [-0.1, -0.05) is 6.58 Å². The number of fused-ring (bicyclic) bond motifs is 1. The van der Waals surface area contributed by atoms with Gasteiger partial charge in [0.25, 0.3) is 0 Å². The fourth-order valence-electron chi connectivity index (χ4n) is 4.95. The monoisotopic (exact) mass is 549 g/mol. The lowest BCUT2D eigenvalue weighted by Crippen LogP contribution is -2.47. The van der Waals surface area contributed by atoms with Crippen molar-refractivity contribution in [1.82, 2.24) is 29.3 Å². The number of ether oxygens (including phenoxy) is 1. The quantitative estimate of drug-likeness (QED) is 0.215. The third kappa shape index (κ3) is 6.05. The Morgan fingerprint density at radius 3 is 2.54 bits per heavy atom. The number of allylic oxidation sites excluding steroid dienone is 1. The summed E-state index contributed by atoms with van der Waals surface area (Å²) < 4.78 is 8.88. The number of hydrogen-bond donors (Lipinski definition) is 0. The molecule has 0 amide bonds. The standard InChI is InChI=1S/C31H35N9O/c1-6-30(41-5)34-15-23(4)19-37-9-11-38(12-10-37)29-8-7-24(16-33-29)28-13-25(27-18-35-39(21-27)22(2)3)20-40-31(28)26(14-32)17-36-40/h6-8,13,15-18,20-22H,4,9-12,19H2,1-3,5H3/b30-6+,34-15?. The zero-order chi connectivity index (χ0) is 28.9. The molecule has 4 aromatic heterocycles. The van der Waals surface area contributed by atoms with Crippen molar-refractivity contribution in [3.63, 3.8) is 0 Å². The maximum atomic E-state index is 9.75. The van der Waals surface area contributed by atoms with E-state index >= 15 is 0 Å². The van der Waals surface area contributed by atoms with Crippen molar-refractivity contribution in [2.75, 3.05) is 44.7 Å². The van der Waals surface area contributed by atoms with E-state index in [4.69, 9.17) is 9.72 Å². The Kier molecular flexibility index (Phi) is 8.26. The molecule has 0 aliphatic carbocycles. The zero-order valence-electron chi connectivity index (χ0n) is 24.0. The normalized spacial score (nSPS) is 14.7. The largest absolute Gasteiger partial charge is 0.481 e. The molecule has 0 saturated carbocycles. The molecule has 0 unspecified atom stereocenters. The second-order valence-electron chi connectivity index (χ2n) is 10.3. The van der Waals surface area contributed by atoms with Crippen molar-refractivity contribution in [2.45, 2.75) is 26.8 Å². The number of methoxy groups -OCH3 is 1. The maximum absolute atomic E-state index is 9.75. The number of piperazine rings is 1. The molecule has 210 valence electrons. The topological polar surface area (TPSA) is 99.9 Å². The third-order valence-electron chi connectivity index (χ3n) is 7.21. The summed E-state index contributed by atoms with van der Waals surface area (Å²) >= 11 is 0. The second-order valence-corrected chi connectivity index (χ2v) is 10.3. The molecule has 10 nitrogen and oxygen atoms in total. The Labute approximate surface area is 240 Å². The van der Waals surface area contributed by atoms with Crippen LogP contribution in [0.3, 0.4) is 0 Å². The van der Waals surface area contributed by atoms with Crippen LogP contribution in [0.5, 0.6) is 0 Å². The number of pyridine rings is 2. The van der Waals surface area contributed by atoms with Gasteiger partial charge in [-0.2, -0.15) is 15.5 Å². The zero-order valence-corrected chi connectivity index (χ0v) is 24.0. The van der Waals surface area contributed by atoms with Crippen LogP contribution in [0.2, 0.25) is 0 Å². The molecular weight excluding hydrogens is 514 g/mol. The van der Waals surface area contributed by atoms with Gasteiger partial charge in [-0.3, -0.25) is 9.58 Å². The Hall–Kier alpha value is -4.75. The molecule has 1 saturated heterocycles. The number of aromatic nitrogens is 5. The van der Waals surface area contributed by atoms with Gasteiger partial charge in [-0.05, 0) is 50.6 Å². The van der Waals surface area contributed by atoms with Crippen LogP contribution in [0.1, 0.15) is 32.4 Å². The fraction of sp³-hybridized carbons (Fsp3) is 0.323. The van der Waals surface area contributed by atoms with Gasteiger partial charge < -0.3 is 9.64 Å². The van der Waals surface area contributed by atoms with E-state index in [-0.39, 0.29) is 6.04 Å². The van der Waals surface area contributed by atoms with Crippen LogP contribution < -0.4 is 4.90 Å². The Bertz CT molecular complexity index is 1630. The van der Waals surface area contributed by atoms with E-state index in [9.17, 15) is 5.26 Å². The summed E-state index contributed by atoms with van der Waals surface area (Å²) in [6.07, 6.45) is 12.9.